The zero-order valence-corrected chi connectivity index (χ0v) is 13.3. The first-order valence-electron chi connectivity index (χ1n) is 7.51. The molecule has 0 amide bonds. The first-order valence-corrected chi connectivity index (χ1v) is 7.51. The molecule has 0 radical (unpaired) electrons. The summed E-state index contributed by atoms with van der Waals surface area (Å²) < 4.78 is 2.26. The lowest BCUT2D eigenvalue weighted by atomic mass is 10.00. The molecule has 0 N–H and O–H groups in total. The quantitative estimate of drug-likeness (QED) is 0.595. The second-order valence-corrected chi connectivity index (χ2v) is 5.39. The summed E-state index contributed by atoms with van der Waals surface area (Å²) in [6.07, 6.45) is 10.1. The van der Waals surface area contributed by atoms with E-state index in [1.54, 1.807) is 6.08 Å². The highest BCUT2D eigenvalue weighted by Gasteiger charge is 2.15. The molecule has 0 unspecified atom stereocenters. The van der Waals surface area contributed by atoms with E-state index < -0.39 is 0 Å². The van der Waals surface area contributed by atoms with E-state index in [-0.39, 0.29) is 0 Å². The van der Waals surface area contributed by atoms with Crippen LogP contribution in [0.3, 0.4) is 0 Å². The smallest absolute Gasteiger partial charge is 0.141 e. The molecule has 0 aliphatic carbocycles. The molecule has 0 atom stereocenters. The maximum Gasteiger partial charge on any atom is 0.141 e. The monoisotopic (exact) mass is 288 g/mol. The number of pyridine rings is 1. The van der Waals surface area contributed by atoms with Gasteiger partial charge in [0.25, 0.3) is 0 Å². The van der Waals surface area contributed by atoms with Crippen molar-refractivity contribution in [3.8, 4) is 0 Å². The summed E-state index contributed by atoms with van der Waals surface area (Å²) in [5.41, 5.74) is 8.04. The van der Waals surface area contributed by atoms with Gasteiger partial charge in [-0.05, 0) is 38.5 Å². The Morgan fingerprint density at radius 3 is 2.59 bits per heavy atom. The van der Waals surface area contributed by atoms with Gasteiger partial charge in [-0.25, -0.2) is 4.98 Å². The predicted molar refractivity (Wildman–Crippen MR) is 96.1 cm³/mol. The van der Waals surface area contributed by atoms with Crippen molar-refractivity contribution in [2.75, 3.05) is 0 Å². The predicted octanol–water partition coefficient (Wildman–Crippen LogP) is 5.34. The number of nitrogens with zero attached hydrogens (tertiary/aromatic N) is 2. The molecule has 3 rings (SSSR count). The van der Waals surface area contributed by atoms with Crippen molar-refractivity contribution in [1.82, 2.24) is 9.38 Å². The Hall–Kier alpha value is -2.61. The molecule has 2 aromatic heterocycles. The molecular weight excluding hydrogens is 268 g/mol. The molecule has 3 aromatic rings. The number of aromatic nitrogens is 2. The molecule has 1 aromatic carbocycles. The molecule has 0 aliphatic rings. The number of benzene rings is 1. The lowest BCUT2D eigenvalue weighted by molar-refractivity contribution is 1.10. The summed E-state index contributed by atoms with van der Waals surface area (Å²) in [4.78, 5) is 4.82. The van der Waals surface area contributed by atoms with E-state index in [0.29, 0.717) is 0 Å². The number of hydrogen-bond acceptors (Lipinski definition) is 1. The number of aryl methyl sites for hydroxylation is 2. The normalized spacial score (nSPS) is 12.1. The van der Waals surface area contributed by atoms with E-state index in [1.165, 1.54) is 22.4 Å². The summed E-state index contributed by atoms with van der Waals surface area (Å²) >= 11 is 0. The summed E-state index contributed by atoms with van der Waals surface area (Å²) in [5, 5.41) is 0. The van der Waals surface area contributed by atoms with Crippen molar-refractivity contribution < 1.29 is 0 Å². The minimum absolute atomic E-state index is 1.02. The van der Waals surface area contributed by atoms with Crippen LogP contribution in [-0.2, 0) is 0 Å². The summed E-state index contributed by atoms with van der Waals surface area (Å²) in [6.45, 7) is 10.1. The van der Waals surface area contributed by atoms with Gasteiger partial charge in [0.15, 0.2) is 0 Å². The molecular formula is C20H20N2. The lowest BCUT2D eigenvalue weighted by Gasteiger charge is -2.13. The van der Waals surface area contributed by atoms with Crippen LogP contribution in [0.15, 0.2) is 49.1 Å². The fourth-order valence-corrected chi connectivity index (χ4v) is 3.01. The van der Waals surface area contributed by atoms with Crippen molar-refractivity contribution in [1.29, 1.82) is 0 Å². The average Bonchev–Trinajstić information content (AvgIpc) is 2.92. The van der Waals surface area contributed by atoms with Crippen molar-refractivity contribution in [3.05, 3.63) is 71.5 Å². The molecule has 2 heteroatoms. The van der Waals surface area contributed by atoms with Crippen LogP contribution >= 0.6 is 0 Å². The highest BCUT2D eigenvalue weighted by atomic mass is 15.0. The van der Waals surface area contributed by atoms with Crippen LogP contribution in [0, 0.1) is 13.8 Å². The van der Waals surface area contributed by atoms with Gasteiger partial charge in [-0.15, -0.1) is 0 Å². The van der Waals surface area contributed by atoms with Crippen LogP contribution in [0.4, 0.5) is 0 Å². The van der Waals surface area contributed by atoms with Gasteiger partial charge >= 0.3 is 0 Å². The van der Waals surface area contributed by atoms with E-state index in [0.717, 1.165) is 16.7 Å². The first-order chi connectivity index (χ1) is 10.7. The molecule has 0 aliphatic heterocycles. The number of allylic oxidation sites excluding steroid dienone is 3. The Labute approximate surface area is 131 Å². The van der Waals surface area contributed by atoms with Gasteiger partial charge in [0, 0.05) is 16.8 Å². The Morgan fingerprint density at radius 2 is 1.86 bits per heavy atom. The third-order valence-corrected chi connectivity index (χ3v) is 4.05. The van der Waals surface area contributed by atoms with E-state index in [4.69, 9.17) is 4.98 Å². The van der Waals surface area contributed by atoms with E-state index in [2.05, 4.69) is 61.3 Å². The zero-order valence-electron chi connectivity index (χ0n) is 13.3. The summed E-state index contributed by atoms with van der Waals surface area (Å²) in [5.74, 6) is 0. The van der Waals surface area contributed by atoms with Gasteiger partial charge in [-0.2, -0.15) is 0 Å². The molecule has 0 bridgehead atoms. The van der Waals surface area contributed by atoms with E-state index in [9.17, 15) is 0 Å². The summed E-state index contributed by atoms with van der Waals surface area (Å²) in [6, 6.07) is 8.28. The SMILES string of the molecule is C=C/C=C\c1c(/C=C\C)c(C)n2c(nc3ccccc32)c1C. The minimum Gasteiger partial charge on any atom is -0.296 e. The number of imidazole rings is 1. The molecule has 0 fully saturated rings. The number of hydrogen-bond donors (Lipinski definition) is 0. The van der Waals surface area contributed by atoms with Crippen LogP contribution in [0.25, 0.3) is 28.8 Å². The highest BCUT2D eigenvalue weighted by Crippen LogP contribution is 2.29. The molecule has 22 heavy (non-hydrogen) atoms. The fraction of sp³-hybridized carbons (Fsp3) is 0.150. The standard InChI is InChI=1S/C20H20N2/c1-5-7-11-16-14(3)20-21-18-12-8-9-13-19(18)22(20)15(4)17(16)10-6-2/h5-13H,1H2,2-4H3/b10-6-,11-7-. The van der Waals surface area contributed by atoms with Crippen LogP contribution in [0.2, 0.25) is 0 Å². The third-order valence-electron chi connectivity index (χ3n) is 4.05. The Morgan fingerprint density at radius 1 is 1.09 bits per heavy atom. The largest absolute Gasteiger partial charge is 0.296 e. The van der Waals surface area contributed by atoms with Crippen molar-refractivity contribution >= 4 is 28.8 Å². The van der Waals surface area contributed by atoms with E-state index >= 15 is 0 Å². The highest BCUT2D eigenvalue weighted by molar-refractivity contribution is 5.85. The zero-order chi connectivity index (χ0) is 15.7. The van der Waals surface area contributed by atoms with Gasteiger partial charge < -0.3 is 0 Å². The Balaban J connectivity index is 2.52. The van der Waals surface area contributed by atoms with Crippen molar-refractivity contribution in [2.45, 2.75) is 20.8 Å². The van der Waals surface area contributed by atoms with Gasteiger partial charge in [0.2, 0.25) is 0 Å². The minimum atomic E-state index is 1.02. The second-order valence-electron chi connectivity index (χ2n) is 5.39. The molecule has 0 saturated carbocycles. The van der Waals surface area contributed by atoms with Crippen LogP contribution in [0.1, 0.15) is 29.3 Å². The molecule has 0 saturated heterocycles. The van der Waals surface area contributed by atoms with Crippen LogP contribution < -0.4 is 0 Å². The Kier molecular flexibility index (Phi) is 3.68. The fourth-order valence-electron chi connectivity index (χ4n) is 3.01. The van der Waals surface area contributed by atoms with Crippen LogP contribution in [-0.4, -0.2) is 9.38 Å². The Bertz CT molecular complexity index is 924. The number of fused-ring (bicyclic) bond motifs is 3. The van der Waals surface area contributed by atoms with Gasteiger partial charge in [0.05, 0.1) is 11.0 Å². The van der Waals surface area contributed by atoms with Crippen molar-refractivity contribution in [3.63, 3.8) is 0 Å². The molecule has 2 nitrogen and oxygen atoms in total. The number of rotatable bonds is 3. The molecule has 2 heterocycles. The van der Waals surface area contributed by atoms with Crippen LogP contribution in [0.5, 0.6) is 0 Å². The summed E-state index contributed by atoms with van der Waals surface area (Å²) in [7, 11) is 0. The maximum atomic E-state index is 4.82. The maximum absolute atomic E-state index is 4.82. The van der Waals surface area contributed by atoms with Gasteiger partial charge in [0.1, 0.15) is 5.65 Å². The van der Waals surface area contributed by atoms with Gasteiger partial charge in [-0.3, -0.25) is 4.40 Å². The molecule has 110 valence electrons. The van der Waals surface area contributed by atoms with E-state index in [1.807, 2.05) is 19.1 Å². The van der Waals surface area contributed by atoms with Crippen molar-refractivity contribution in [2.24, 2.45) is 0 Å². The first kappa shape index (κ1) is 14.3. The lowest BCUT2D eigenvalue weighted by Crippen LogP contribution is -2.01. The van der Waals surface area contributed by atoms with Gasteiger partial charge in [-0.1, -0.05) is 49.1 Å². The number of para-hydroxylation sites is 2. The topological polar surface area (TPSA) is 17.3 Å². The third kappa shape index (κ3) is 2.08. The molecule has 0 spiro atoms. The second kappa shape index (κ2) is 5.64. The average molecular weight is 288 g/mol.